The highest BCUT2D eigenvalue weighted by Crippen LogP contribution is 2.46. The largest absolute Gasteiger partial charge is 0.281 e. The molecule has 1 fully saturated rings. The van der Waals surface area contributed by atoms with Gasteiger partial charge in [0.2, 0.25) is 0 Å². The van der Waals surface area contributed by atoms with Gasteiger partial charge in [-0.2, -0.15) is 5.10 Å². The van der Waals surface area contributed by atoms with Crippen LogP contribution in [0.15, 0.2) is 6.07 Å². The molecule has 1 N–H and O–H groups in total. The molecule has 0 bridgehead atoms. The van der Waals surface area contributed by atoms with Crippen LogP contribution in [0.4, 0.5) is 0 Å². The molecule has 1 aromatic heterocycles. The number of halogens is 1. The molecule has 3 heteroatoms. The Morgan fingerprint density at radius 1 is 1.73 bits per heavy atom. The van der Waals surface area contributed by atoms with E-state index in [-0.39, 0.29) is 0 Å². The smallest absolute Gasteiger partial charge is 0.0684 e. The molecule has 0 unspecified atom stereocenters. The van der Waals surface area contributed by atoms with Crippen molar-refractivity contribution in [2.75, 3.05) is 0 Å². The fraction of sp³-hybridized carbons (Fsp3) is 0.625. The zero-order valence-corrected chi connectivity index (χ0v) is 7.28. The van der Waals surface area contributed by atoms with Crippen LogP contribution in [0, 0.1) is 0 Å². The van der Waals surface area contributed by atoms with E-state index in [4.69, 9.17) is 11.6 Å². The summed E-state index contributed by atoms with van der Waals surface area (Å²) >= 11 is 5.64. The fourth-order valence-corrected chi connectivity index (χ4v) is 1.32. The molecule has 2 nitrogen and oxygen atoms in total. The van der Waals surface area contributed by atoms with Gasteiger partial charge in [-0.1, -0.05) is 6.92 Å². The van der Waals surface area contributed by atoms with Crippen molar-refractivity contribution in [1.82, 2.24) is 10.2 Å². The highest BCUT2D eigenvalue weighted by Gasteiger charge is 2.41. The van der Waals surface area contributed by atoms with E-state index in [0.717, 1.165) is 5.69 Å². The third-order valence-corrected chi connectivity index (χ3v) is 2.68. The molecule has 60 valence electrons. The molecule has 1 aromatic rings. The van der Waals surface area contributed by atoms with Crippen LogP contribution in [-0.4, -0.2) is 10.2 Å². The molecule has 1 aliphatic carbocycles. The van der Waals surface area contributed by atoms with Crippen molar-refractivity contribution in [2.45, 2.75) is 31.1 Å². The van der Waals surface area contributed by atoms with E-state index in [1.165, 1.54) is 18.5 Å². The Kier molecular flexibility index (Phi) is 1.46. The highest BCUT2D eigenvalue weighted by molar-refractivity contribution is 6.16. The van der Waals surface area contributed by atoms with E-state index >= 15 is 0 Å². The predicted molar refractivity (Wildman–Crippen MR) is 44.7 cm³/mol. The standard InChI is InChI=1S/C8H11ClN2/c1-8(2-3-8)7-4-6(5-9)10-11-7/h4H,2-3,5H2,1H3,(H,10,11). The Bertz CT molecular complexity index is 263. The van der Waals surface area contributed by atoms with Crippen molar-refractivity contribution < 1.29 is 0 Å². The zero-order valence-electron chi connectivity index (χ0n) is 6.52. The van der Waals surface area contributed by atoms with E-state index in [9.17, 15) is 0 Å². The summed E-state index contributed by atoms with van der Waals surface area (Å²) in [5.74, 6) is 0.531. The maximum absolute atomic E-state index is 5.64. The third kappa shape index (κ3) is 1.16. The second kappa shape index (κ2) is 2.24. The van der Waals surface area contributed by atoms with Gasteiger partial charge in [0, 0.05) is 5.41 Å². The molecular formula is C8H11ClN2. The maximum atomic E-state index is 5.64. The number of hydrogen-bond donors (Lipinski definition) is 1. The quantitative estimate of drug-likeness (QED) is 0.678. The summed E-state index contributed by atoms with van der Waals surface area (Å²) < 4.78 is 0. The summed E-state index contributed by atoms with van der Waals surface area (Å²) in [6.45, 7) is 2.24. The van der Waals surface area contributed by atoms with Crippen LogP contribution < -0.4 is 0 Å². The van der Waals surface area contributed by atoms with Gasteiger partial charge in [-0.3, -0.25) is 5.10 Å². The van der Waals surface area contributed by atoms with Gasteiger partial charge >= 0.3 is 0 Å². The molecule has 0 radical (unpaired) electrons. The van der Waals surface area contributed by atoms with Gasteiger partial charge < -0.3 is 0 Å². The summed E-state index contributed by atoms with van der Waals surface area (Å²) in [4.78, 5) is 0. The SMILES string of the molecule is CC1(c2cc(CCl)[nH]n2)CC1. The number of aromatic amines is 1. The van der Waals surface area contributed by atoms with E-state index in [2.05, 4.69) is 23.2 Å². The highest BCUT2D eigenvalue weighted by atomic mass is 35.5. The lowest BCUT2D eigenvalue weighted by atomic mass is 10.1. The maximum Gasteiger partial charge on any atom is 0.0684 e. The first kappa shape index (κ1) is 7.17. The number of aromatic nitrogens is 2. The minimum atomic E-state index is 0.362. The number of nitrogens with zero attached hydrogens (tertiary/aromatic N) is 1. The Morgan fingerprint density at radius 2 is 2.45 bits per heavy atom. The van der Waals surface area contributed by atoms with Crippen LogP contribution in [0.3, 0.4) is 0 Å². The number of hydrogen-bond acceptors (Lipinski definition) is 1. The van der Waals surface area contributed by atoms with Crippen LogP contribution in [0.2, 0.25) is 0 Å². The van der Waals surface area contributed by atoms with Gasteiger partial charge in [-0.15, -0.1) is 11.6 Å². The first-order valence-corrected chi connectivity index (χ1v) is 4.39. The van der Waals surface area contributed by atoms with Crippen LogP contribution in [0.25, 0.3) is 0 Å². The van der Waals surface area contributed by atoms with Crippen molar-refractivity contribution in [2.24, 2.45) is 0 Å². The zero-order chi connectivity index (χ0) is 7.90. The fourth-order valence-electron chi connectivity index (χ4n) is 1.18. The number of H-pyrrole nitrogens is 1. The van der Waals surface area contributed by atoms with Gasteiger partial charge in [0.25, 0.3) is 0 Å². The molecule has 1 saturated carbocycles. The van der Waals surface area contributed by atoms with Gasteiger partial charge in [0.1, 0.15) is 0 Å². The second-order valence-electron chi connectivity index (χ2n) is 3.47. The molecule has 0 aromatic carbocycles. The van der Waals surface area contributed by atoms with Crippen molar-refractivity contribution in [3.05, 3.63) is 17.5 Å². The Balaban J connectivity index is 2.25. The number of rotatable bonds is 2. The molecule has 0 atom stereocenters. The normalized spacial score (nSPS) is 20.2. The van der Waals surface area contributed by atoms with Crippen LogP contribution in [0.5, 0.6) is 0 Å². The summed E-state index contributed by atoms with van der Waals surface area (Å²) in [7, 11) is 0. The predicted octanol–water partition coefficient (Wildman–Crippen LogP) is 2.20. The molecule has 1 heterocycles. The lowest BCUT2D eigenvalue weighted by Gasteiger charge is -1.99. The van der Waals surface area contributed by atoms with Crippen LogP contribution in [-0.2, 0) is 11.3 Å². The molecule has 0 spiro atoms. The second-order valence-corrected chi connectivity index (χ2v) is 3.74. The topological polar surface area (TPSA) is 28.7 Å². The van der Waals surface area contributed by atoms with Crippen molar-refractivity contribution in [3.63, 3.8) is 0 Å². The van der Waals surface area contributed by atoms with Crippen LogP contribution in [0.1, 0.15) is 31.2 Å². The average Bonchev–Trinajstić information content (AvgIpc) is 2.61. The van der Waals surface area contributed by atoms with E-state index in [0.29, 0.717) is 11.3 Å². The van der Waals surface area contributed by atoms with E-state index < -0.39 is 0 Å². The minimum Gasteiger partial charge on any atom is -0.281 e. The first-order valence-electron chi connectivity index (χ1n) is 3.85. The van der Waals surface area contributed by atoms with Crippen molar-refractivity contribution >= 4 is 11.6 Å². The number of nitrogens with one attached hydrogen (secondary N) is 1. The average molecular weight is 171 g/mol. The Labute approximate surface area is 71.0 Å². The molecule has 1 aliphatic rings. The molecule has 0 amide bonds. The lowest BCUT2D eigenvalue weighted by molar-refractivity contribution is 0.742. The van der Waals surface area contributed by atoms with Crippen molar-refractivity contribution in [1.29, 1.82) is 0 Å². The van der Waals surface area contributed by atoms with Gasteiger partial charge in [-0.25, -0.2) is 0 Å². The Morgan fingerprint density at radius 3 is 2.91 bits per heavy atom. The molecule has 0 aliphatic heterocycles. The number of alkyl halides is 1. The third-order valence-electron chi connectivity index (χ3n) is 2.39. The molecule has 2 rings (SSSR count). The summed E-state index contributed by atoms with van der Waals surface area (Å²) in [6.07, 6.45) is 2.53. The van der Waals surface area contributed by atoms with Crippen LogP contribution >= 0.6 is 11.6 Å². The van der Waals surface area contributed by atoms with Crippen molar-refractivity contribution in [3.8, 4) is 0 Å². The van der Waals surface area contributed by atoms with E-state index in [1.54, 1.807) is 0 Å². The van der Waals surface area contributed by atoms with Gasteiger partial charge in [0.15, 0.2) is 0 Å². The monoisotopic (exact) mass is 170 g/mol. The summed E-state index contributed by atoms with van der Waals surface area (Å²) in [6, 6.07) is 2.07. The lowest BCUT2D eigenvalue weighted by Crippen LogP contribution is -1.99. The van der Waals surface area contributed by atoms with E-state index in [1.807, 2.05) is 0 Å². The Hall–Kier alpha value is -0.500. The summed E-state index contributed by atoms with van der Waals surface area (Å²) in [5, 5.41) is 7.13. The van der Waals surface area contributed by atoms with Gasteiger partial charge in [-0.05, 0) is 18.9 Å². The molecule has 0 saturated heterocycles. The summed E-state index contributed by atoms with van der Waals surface area (Å²) in [5.41, 5.74) is 2.56. The first-order chi connectivity index (χ1) is 5.24. The van der Waals surface area contributed by atoms with Gasteiger partial charge in [0.05, 0.1) is 17.3 Å². The molecular weight excluding hydrogens is 160 g/mol. The molecule has 11 heavy (non-hydrogen) atoms. The minimum absolute atomic E-state index is 0.362.